The van der Waals surface area contributed by atoms with Gasteiger partial charge in [-0.1, -0.05) is 17.7 Å². The van der Waals surface area contributed by atoms with E-state index in [0.717, 1.165) is 0 Å². The second-order valence-corrected chi connectivity index (χ2v) is 4.25. The fraction of sp³-hybridized carbons (Fsp3) is 0.286. The van der Waals surface area contributed by atoms with E-state index in [-0.39, 0.29) is 0 Å². The molecule has 0 unspecified atom stereocenters. The van der Waals surface area contributed by atoms with E-state index in [0.29, 0.717) is 41.6 Å². The van der Waals surface area contributed by atoms with E-state index in [4.69, 9.17) is 25.8 Å². The Labute approximate surface area is 122 Å². The SMILES string of the molecule is CCOCc1nc(Cl)cc(Oc2cccc(OC)c2)n1. The van der Waals surface area contributed by atoms with Gasteiger partial charge in [-0.3, -0.25) is 0 Å². The molecule has 0 saturated heterocycles. The highest BCUT2D eigenvalue weighted by atomic mass is 35.5. The third-order valence-electron chi connectivity index (χ3n) is 2.42. The number of hydrogen-bond donors (Lipinski definition) is 0. The molecule has 0 radical (unpaired) electrons. The van der Waals surface area contributed by atoms with E-state index in [9.17, 15) is 0 Å². The molecule has 0 amide bonds. The van der Waals surface area contributed by atoms with Crippen molar-refractivity contribution in [2.45, 2.75) is 13.5 Å². The van der Waals surface area contributed by atoms with Crippen molar-refractivity contribution in [1.29, 1.82) is 0 Å². The summed E-state index contributed by atoms with van der Waals surface area (Å²) in [4.78, 5) is 8.31. The Morgan fingerprint density at radius 2 is 1.95 bits per heavy atom. The number of hydrogen-bond acceptors (Lipinski definition) is 5. The fourth-order valence-electron chi connectivity index (χ4n) is 1.54. The van der Waals surface area contributed by atoms with Gasteiger partial charge in [-0.05, 0) is 19.1 Å². The maximum atomic E-state index is 5.94. The number of benzene rings is 1. The van der Waals surface area contributed by atoms with Gasteiger partial charge in [-0.15, -0.1) is 0 Å². The zero-order valence-corrected chi connectivity index (χ0v) is 12.1. The zero-order chi connectivity index (χ0) is 14.4. The van der Waals surface area contributed by atoms with Crippen LogP contribution in [0.2, 0.25) is 5.15 Å². The fourth-order valence-corrected chi connectivity index (χ4v) is 1.73. The van der Waals surface area contributed by atoms with Gasteiger partial charge >= 0.3 is 0 Å². The summed E-state index contributed by atoms with van der Waals surface area (Å²) in [5.41, 5.74) is 0. The lowest BCUT2D eigenvalue weighted by Crippen LogP contribution is -2.01. The van der Waals surface area contributed by atoms with Gasteiger partial charge in [0.15, 0.2) is 5.82 Å². The van der Waals surface area contributed by atoms with Crippen LogP contribution in [0.25, 0.3) is 0 Å². The normalized spacial score (nSPS) is 10.3. The van der Waals surface area contributed by atoms with Crippen molar-refractivity contribution in [3.05, 3.63) is 41.3 Å². The van der Waals surface area contributed by atoms with Crippen molar-refractivity contribution in [3.63, 3.8) is 0 Å². The Hall–Kier alpha value is -1.85. The van der Waals surface area contributed by atoms with Gasteiger partial charge in [0.2, 0.25) is 5.88 Å². The summed E-state index contributed by atoms with van der Waals surface area (Å²) >= 11 is 5.94. The molecule has 0 bridgehead atoms. The lowest BCUT2D eigenvalue weighted by Gasteiger charge is -2.08. The summed E-state index contributed by atoms with van der Waals surface area (Å²) in [5.74, 6) is 2.17. The van der Waals surface area contributed by atoms with Crippen LogP contribution in [-0.4, -0.2) is 23.7 Å². The van der Waals surface area contributed by atoms with Gasteiger partial charge in [-0.25, -0.2) is 4.98 Å². The Morgan fingerprint density at radius 3 is 2.70 bits per heavy atom. The highest BCUT2D eigenvalue weighted by Gasteiger charge is 2.06. The number of aromatic nitrogens is 2. The van der Waals surface area contributed by atoms with Crippen molar-refractivity contribution < 1.29 is 14.2 Å². The molecule has 0 aliphatic heterocycles. The van der Waals surface area contributed by atoms with Gasteiger partial charge in [0.05, 0.1) is 7.11 Å². The molecular formula is C14H15ClN2O3. The lowest BCUT2D eigenvalue weighted by atomic mass is 10.3. The first kappa shape index (κ1) is 14.6. The van der Waals surface area contributed by atoms with E-state index in [1.165, 1.54) is 0 Å². The predicted octanol–water partition coefficient (Wildman–Crippen LogP) is 3.47. The molecule has 0 atom stereocenters. The molecule has 5 nitrogen and oxygen atoms in total. The lowest BCUT2D eigenvalue weighted by molar-refractivity contribution is 0.128. The number of nitrogens with zero attached hydrogens (tertiary/aromatic N) is 2. The minimum absolute atomic E-state index is 0.297. The van der Waals surface area contributed by atoms with E-state index < -0.39 is 0 Å². The summed E-state index contributed by atoms with van der Waals surface area (Å²) in [6.07, 6.45) is 0. The molecule has 20 heavy (non-hydrogen) atoms. The highest BCUT2D eigenvalue weighted by molar-refractivity contribution is 6.29. The van der Waals surface area contributed by atoms with Gasteiger partial charge in [0.25, 0.3) is 0 Å². The smallest absolute Gasteiger partial charge is 0.224 e. The molecule has 1 aromatic heterocycles. The van der Waals surface area contributed by atoms with Crippen LogP contribution in [0.4, 0.5) is 0 Å². The van der Waals surface area contributed by atoms with Gasteiger partial charge < -0.3 is 14.2 Å². The summed E-state index contributed by atoms with van der Waals surface area (Å²) < 4.78 is 16.0. The summed E-state index contributed by atoms with van der Waals surface area (Å²) in [6, 6.07) is 8.79. The first-order valence-corrected chi connectivity index (χ1v) is 6.52. The number of methoxy groups -OCH3 is 1. The van der Waals surface area contributed by atoms with E-state index >= 15 is 0 Å². The molecule has 1 heterocycles. The first-order valence-electron chi connectivity index (χ1n) is 6.14. The molecule has 2 aromatic rings. The molecule has 2 rings (SSSR count). The van der Waals surface area contributed by atoms with Crippen molar-refractivity contribution >= 4 is 11.6 Å². The number of halogens is 1. The van der Waals surface area contributed by atoms with Crippen LogP contribution in [0.1, 0.15) is 12.7 Å². The summed E-state index contributed by atoms with van der Waals surface area (Å²) in [5, 5.41) is 0.313. The Kier molecular flexibility index (Phi) is 5.15. The number of rotatable bonds is 6. The average molecular weight is 295 g/mol. The largest absolute Gasteiger partial charge is 0.497 e. The maximum absolute atomic E-state index is 5.94. The minimum atomic E-state index is 0.297. The van der Waals surface area contributed by atoms with Crippen LogP contribution in [0, 0.1) is 0 Å². The molecule has 106 valence electrons. The third-order valence-corrected chi connectivity index (χ3v) is 2.61. The molecule has 0 saturated carbocycles. The van der Waals surface area contributed by atoms with Gasteiger partial charge in [0.1, 0.15) is 23.3 Å². The van der Waals surface area contributed by atoms with Crippen LogP contribution in [0.5, 0.6) is 17.4 Å². The Morgan fingerprint density at radius 1 is 1.15 bits per heavy atom. The van der Waals surface area contributed by atoms with Crippen LogP contribution in [0.15, 0.2) is 30.3 Å². The van der Waals surface area contributed by atoms with Crippen LogP contribution in [0.3, 0.4) is 0 Å². The van der Waals surface area contributed by atoms with E-state index in [1.54, 1.807) is 25.3 Å². The molecule has 0 aliphatic rings. The predicted molar refractivity (Wildman–Crippen MR) is 75.4 cm³/mol. The maximum Gasteiger partial charge on any atom is 0.224 e. The Bertz CT molecular complexity index is 578. The molecule has 0 aliphatic carbocycles. The number of ether oxygens (including phenoxy) is 3. The monoisotopic (exact) mass is 294 g/mol. The van der Waals surface area contributed by atoms with Crippen LogP contribution >= 0.6 is 11.6 Å². The molecule has 1 aromatic carbocycles. The highest BCUT2D eigenvalue weighted by Crippen LogP contribution is 2.25. The van der Waals surface area contributed by atoms with Crippen molar-refractivity contribution in [2.24, 2.45) is 0 Å². The molecule has 6 heteroatoms. The standard InChI is InChI=1S/C14H15ClN2O3/c1-3-19-9-13-16-12(15)8-14(17-13)20-11-6-4-5-10(7-11)18-2/h4-8H,3,9H2,1-2H3. The van der Waals surface area contributed by atoms with Crippen molar-refractivity contribution in [3.8, 4) is 17.4 Å². The van der Waals surface area contributed by atoms with E-state index in [1.807, 2.05) is 19.1 Å². The van der Waals surface area contributed by atoms with Gasteiger partial charge in [0, 0.05) is 18.7 Å². The summed E-state index contributed by atoms with van der Waals surface area (Å²) in [7, 11) is 1.60. The molecule has 0 N–H and O–H groups in total. The molecular weight excluding hydrogens is 280 g/mol. The quantitative estimate of drug-likeness (QED) is 0.764. The van der Waals surface area contributed by atoms with Crippen LogP contribution < -0.4 is 9.47 Å². The molecule has 0 fully saturated rings. The molecule has 0 spiro atoms. The minimum Gasteiger partial charge on any atom is -0.497 e. The van der Waals surface area contributed by atoms with Gasteiger partial charge in [-0.2, -0.15) is 4.98 Å². The summed E-state index contributed by atoms with van der Waals surface area (Å²) in [6.45, 7) is 2.78. The third kappa shape index (κ3) is 4.08. The zero-order valence-electron chi connectivity index (χ0n) is 11.3. The topological polar surface area (TPSA) is 53.5 Å². The average Bonchev–Trinajstić information content (AvgIpc) is 2.44. The second-order valence-electron chi connectivity index (χ2n) is 3.86. The second kappa shape index (κ2) is 7.07. The van der Waals surface area contributed by atoms with E-state index in [2.05, 4.69) is 9.97 Å². The first-order chi connectivity index (χ1) is 9.71. The van der Waals surface area contributed by atoms with Crippen molar-refractivity contribution in [2.75, 3.05) is 13.7 Å². The van der Waals surface area contributed by atoms with Crippen molar-refractivity contribution in [1.82, 2.24) is 9.97 Å². The Balaban J connectivity index is 2.17. The van der Waals surface area contributed by atoms with Crippen LogP contribution in [-0.2, 0) is 11.3 Å².